The number of ketones is 2. The number of carbonyl (C=O) groups is 2. The molecule has 3 rings (SSSR count). The number of hydrogen-bond acceptors (Lipinski definition) is 2. The second-order valence-electron chi connectivity index (χ2n) is 7.88. The minimum atomic E-state index is -0.0517. The summed E-state index contributed by atoms with van der Waals surface area (Å²) in [7, 11) is 0. The van der Waals surface area contributed by atoms with E-state index in [-0.39, 0.29) is 11.6 Å². The first-order chi connectivity index (χ1) is 10.4. The fraction of sp³-hybridized carbons (Fsp3) is 0.600. The van der Waals surface area contributed by atoms with E-state index in [1.54, 1.807) is 6.08 Å². The summed E-state index contributed by atoms with van der Waals surface area (Å²) in [5.41, 5.74) is 3.99. The van der Waals surface area contributed by atoms with Crippen molar-refractivity contribution >= 4 is 11.6 Å². The molecule has 0 aliphatic heterocycles. The third-order valence-electron chi connectivity index (χ3n) is 6.06. The molecule has 0 saturated heterocycles. The molecule has 0 N–H and O–H groups in total. The van der Waals surface area contributed by atoms with Crippen molar-refractivity contribution in [3.63, 3.8) is 0 Å². The second-order valence-corrected chi connectivity index (χ2v) is 7.88. The average molecular weight is 298 g/mol. The number of rotatable bonds is 2. The first-order valence-corrected chi connectivity index (χ1v) is 8.54. The molecule has 3 aliphatic carbocycles. The highest BCUT2D eigenvalue weighted by atomic mass is 16.1. The Hall–Kier alpha value is -1.44. The van der Waals surface area contributed by atoms with Crippen molar-refractivity contribution in [2.75, 3.05) is 0 Å². The van der Waals surface area contributed by atoms with Gasteiger partial charge in [0.2, 0.25) is 0 Å². The van der Waals surface area contributed by atoms with Gasteiger partial charge in [0.15, 0.2) is 11.6 Å². The van der Waals surface area contributed by atoms with Crippen molar-refractivity contribution in [1.82, 2.24) is 0 Å². The highest BCUT2D eigenvalue weighted by Crippen LogP contribution is 2.53. The van der Waals surface area contributed by atoms with Gasteiger partial charge in [0.25, 0.3) is 0 Å². The van der Waals surface area contributed by atoms with E-state index < -0.39 is 0 Å². The standard InChI is InChI=1S/C20H26O2/c1-13-6-8-18-16(5-4-10-20(18,2)3)17(13)12-14-11-15(21)7-9-19(14)22/h7,9,11,16,18H,4-6,8,10,12H2,1-3H3/t16-,18-/m1/s1. The predicted octanol–water partition coefficient (Wildman–Crippen LogP) is 4.56. The van der Waals surface area contributed by atoms with Crippen LogP contribution in [0.3, 0.4) is 0 Å². The van der Waals surface area contributed by atoms with Gasteiger partial charge in [-0.15, -0.1) is 0 Å². The van der Waals surface area contributed by atoms with E-state index in [1.807, 2.05) is 0 Å². The summed E-state index contributed by atoms with van der Waals surface area (Å²) < 4.78 is 0. The van der Waals surface area contributed by atoms with Crippen LogP contribution in [0.15, 0.2) is 34.9 Å². The number of carbonyl (C=O) groups excluding carboxylic acids is 2. The van der Waals surface area contributed by atoms with E-state index in [2.05, 4.69) is 20.8 Å². The molecule has 3 aliphatic rings. The molecule has 2 atom stereocenters. The van der Waals surface area contributed by atoms with E-state index in [1.165, 1.54) is 49.0 Å². The summed E-state index contributed by atoms with van der Waals surface area (Å²) in [6.45, 7) is 7.03. The van der Waals surface area contributed by atoms with Gasteiger partial charge in [-0.25, -0.2) is 0 Å². The lowest BCUT2D eigenvalue weighted by Crippen LogP contribution is -2.38. The van der Waals surface area contributed by atoms with Crippen molar-refractivity contribution in [1.29, 1.82) is 0 Å². The highest BCUT2D eigenvalue weighted by molar-refractivity contribution is 6.17. The molecule has 0 spiro atoms. The lowest BCUT2D eigenvalue weighted by Gasteiger charge is -2.48. The molecule has 0 amide bonds. The smallest absolute Gasteiger partial charge is 0.182 e. The Bertz CT molecular complexity index is 601. The topological polar surface area (TPSA) is 34.1 Å². The molecule has 0 radical (unpaired) electrons. The fourth-order valence-corrected chi connectivity index (χ4v) is 4.75. The molecular weight excluding hydrogens is 272 g/mol. The maximum atomic E-state index is 12.1. The van der Waals surface area contributed by atoms with Crippen molar-refractivity contribution < 1.29 is 9.59 Å². The van der Waals surface area contributed by atoms with E-state index in [9.17, 15) is 9.59 Å². The van der Waals surface area contributed by atoms with Crippen LogP contribution in [-0.4, -0.2) is 11.6 Å². The lowest BCUT2D eigenvalue weighted by atomic mass is 9.57. The minimum Gasteiger partial charge on any atom is -0.290 e. The molecule has 118 valence electrons. The molecular formula is C20H26O2. The van der Waals surface area contributed by atoms with Crippen LogP contribution in [0.4, 0.5) is 0 Å². The van der Waals surface area contributed by atoms with Gasteiger partial charge in [-0.05, 0) is 74.5 Å². The van der Waals surface area contributed by atoms with Gasteiger partial charge in [-0.2, -0.15) is 0 Å². The maximum absolute atomic E-state index is 12.1. The van der Waals surface area contributed by atoms with Crippen molar-refractivity contribution in [2.45, 2.75) is 59.3 Å². The number of allylic oxidation sites excluding steroid dienone is 6. The molecule has 1 saturated carbocycles. The lowest BCUT2D eigenvalue weighted by molar-refractivity contribution is -0.114. The van der Waals surface area contributed by atoms with Crippen LogP contribution in [0.2, 0.25) is 0 Å². The summed E-state index contributed by atoms with van der Waals surface area (Å²) in [6, 6.07) is 0. The van der Waals surface area contributed by atoms with Gasteiger partial charge >= 0.3 is 0 Å². The fourth-order valence-electron chi connectivity index (χ4n) is 4.75. The maximum Gasteiger partial charge on any atom is 0.182 e. The zero-order valence-electron chi connectivity index (χ0n) is 13.9. The SMILES string of the molecule is CC1=C(CC2=CC(=O)C=CC2=O)[C@H]2CCCC(C)(C)[C@@H]2CC1. The first-order valence-electron chi connectivity index (χ1n) is 8.54. The van der Waals surface area contributed by atoms with E-state index in [4.69, 9.17) is 0 Å². The Kier molecular flexibility index (Phi) is 3.96. The van der Waals surface area contributed by atoms with Crippen LogP contribution in [-0.2, 0) is 9.59 Å². The highest BCUT2D eigenvalue weighted by Gasteiger charge is 2.42. The summed E-state index contributed by atoms with van der Waals surface area (Å²) in [4.78, 5) is 23.7. The first kappa shape index (κ1) is 15.5. The normalized spacial score (nSPS) is 31.1. The Morgan fingerprint density at radius 3 is 2.73 bits per heavy atom. The van der Waals surface area contributed by atoms with Gasteiger partial charge in [-0.3, -0.25) is 9.59 Å². The van der Waals surface area contributed by atoms with E-state index in [0.717, 1.165) is 12.3 Å². The Labute approximate surface area is 133 Å². The number of fused-ring (bicyclic) bond motifs is 1. The summed E-state index contributed by atoms with van der Waals surface area (Å²) in [6.07, 6.45) is 11.3. The molecule has 0 heterocycles. The quantitative estimate of drug-likeness (QED) is 0.553. The Balaban J connectivity index is 1.88. The van der Waals surface area contributed by atoms with E-state index in [0.29, 0.717) is 23.3 Å². The summed E-state index contributed by atoms with van der Waals surface area (Å²) in [5, 5.41) is 0. The average Bonchev–Trinajstić information content (AvgIpc) is 2.45. The van der Waals surface area contributed by atoms with Crippen LogP contribution < -0.4 is 0 Å². The minimum absolute atomic E-state index is 0.0112. The number of hydrogen-bond donors (Lipinski definition) is 0. The molecule has 2 nitrogen and oxygen atoms in total. The molecule has 22 heavy (non-hydrogen) atoms. The molecule has 0 bridgehead atoms. The van der Waals surface area contributed by atoms with Crippen LogP contribution in [0, 0.1) is 17.3 Å². The zero-order chi connectivity index (χ0) is 15.9. The van der Waals surface area contributed by atoms with Gasteiger partial charge in [0, 0.05) is 5.57 Å². The van der Waals surface area contributed by atoms with E-state index >= 15 is 0 Å². The Morgan fingerprint density at radius 1 is 1.18 bits per heavy atom. The molecule has 0 aromatic carbocycles. The summed E-state index contributed by atoms with van der Waals surface area (Å²) in [5.74, 6) is 1.29. The third kappa shape index (κ3) is 2.76. The molecule has 2 heteroatoms. The van der Waals surface area contributed by atoms with Crippen LogP contribution in [0.1, 0.15) is 59.3 Å². The van der Waals surface area contributed by atoms with Gasteiger partial charge in [0.05, 0.1) is 0 Å². The Morgan fingerprint density at radius 2 is 1.95 bits per heavy atom. The molecule has 1 fully saturated rings. The van der Waals surface area contributed by atoms with Crippen molar-refractivity contribution in [3.8, 4) is 0 Å². The third-order valence-corrected chi connectivity index (χ3v) is 6.06. The van der Waals surface area contributed by atoms with Crippen molar-refractivity contribution in [3.05, 3.63) is 34.9 Å². The van der Waals surface area contributed by atoms with Gasteiger partial charge in [-0.1, -0.05) is 31.4 Å². The predicted molar refractivity (Wildman–Crippen MR) is 88.4 cm³/mol. The largest absolute Gasteiger partial charge is 0.290 e. The molecule has 0 unspecified atom stereocenters. The summed E-state index contributed by atoms with van der Waals surface area (Å²) >= 11 is 0. The second kappa shape index (κ2) is 5.64. The van der Waals surface area contributed by atoms with Crippen LogP contribution in [0.25, 0.3) is 0 Å². The zero-order valence-corrected chi connectivity index (χ0v) is 13.9. The van der Waals surface area contributed by atoms with Crippen LogP contribution in [0.5, 0.6) is 0 Å². The van der Waals surface area contributed by atoms with Gasteiger partial charge in [0.1, 0.15) is 0 Å². The molecule has 0 aromatic rings. The monoisotopic (exact) mass is 298 g/mol. The van der Waals surface area contributed by atoms with Crippen LogP contribution >= 0.6 is 0 Å². The van der Waals surface area contributed by atoms with Gasteiger partial charge < -0.3 is 0 Å². The van der Waals surface area contributed by atoms with Crippen molar-refractivity contribution in [2.24, 2.45) is 17.3 Å². The molecule has 0 aromatic heterocycles.